The Bertz CT molecular complexity index is 240. The first-order valence-electron chi connectivity index (χ1n) is 4.17. The van der Waals surface area contributed by atoms with Gasteiger partial charge < -0.3 is 0 Å². The molecule has 0 N–H and O–H groups in total. The molecule has 2 rings (SSSR count). The summed E-state index contributed by atoms with van der Waals surface area (Å²) >= 11 is -1.78. The molecule has 71 valence electrons. The van der Waals surface area contributed by atoms with Crippen LogP contribution in [-0.4, -0.2) is 12.4 Å². The molecule has 2 aliphatic rings. The number of hydrogen-bond donors (Lipinski definition) is 0. The van der Waals surface area contributed by atoms with Crippen molar-refractivity contribution in [2.75, 3.05) is 0 Å². The minimum absolute atomic E-state index is 0. The van der Waals surface area contributed by atoms with Gasteiger partial charge in [-0.3, -0.25) is 0 Å². The van der Waals surface area contributed by atoms with Crippen molar-refractivity contribution >= 4 is 37.3 Å². The van der Waals surface area contributed by atoms with Crippen molar-refractivity contribution in [1.29, 1.82) is 0 Å². The van der Waals surface area contributed by atoms with Gasteiger partial charge in [-0.05, 0) is 0 Å². The zero-order valence-corrected chi connectivity index (χ0v) is 15.7. The number of hydrogen-bond acceptors (Lipinski definition) is 0. The van der Waals surface area contributed by atoms with Crippen LogP contribution in [0.15, 0.2) is 21.6 Å². The van der Waals surface area contributed by atoms with Gasteiger partial charge in [-0.2, -0.15) is 0 Å². The first-order valence-corrected chi connectivity index (χ1v) is 33.8. The number of allylic oxidation sites excluding steroid dienone is 4. The van der Waals surface area contributed by atoms with E-state index >= 15 is 0 Å². The molecule has 12 heavy (non-hydrogen) atoms. The average Bonchev–Trinajstić information content (AvgIpc) is 2.35. The molecule has 0 aromatic carbocycles. The first-order chi connectivity index (χ1) is 4.60. The van der Waals surface area contributed by atoms with Gasteiger partial charge >= 0.3 is 66.6 Å². The van der Waals surface area contributed by atoms with Gasteiger partial charge in [0.2, 0.25) is 0 Å². The molecular formula is C7H17Cl2HfSi2. The number of rotatable bonds is 1. The van der Waals surface area contributed by atoms with Crippen molar-refractivity contribution in [1.82, 2.24) is 0 Å². The maximum atomic E-state index is 2.73. The van der Waals surface area contributed by atoms with Crippen LogP contribution in [0.5, 0.6) is 0 Å². The van der Waals surface area contributed by atoms with E-state index in [-0.39, 0.29) is 24.8 Å². The third-order valence-corrected chi connectivity index (χ3v) is 129. The summed E-state index contributed by atoms with van der Waals surface area (Å²) in [5, 5.41) is 0. The van der Waals surface area contributed by atoms with Gasteiger partial charge in [0.05, 0.1) is 0 Å². The Kier molecular flexibility index (Phi) is 4.29. The molecule has 1 aliphatic carbocycles. The average molecular weight is 407 g/mol. The second-order valence-corrected chi connectivity index (χ2v) is 110. The van der Waals surface area contributed by atoms with Gasteiger partial charge in [0.1, 0.15) is 0 Å². The van der Waals surface area contributed by atoms with Gasteiger partial charge in [0.15, 0.2) is 0 Å². The van der Waals surface area contributed by atoms with E-state index in [0.717, 1.165) is 0 Å². The van der Waals surface area contributed by atoms with Crippen molar-refractivity contribution in [3.63, 3.8) is 0 Å². The summed E-state index contributed by atoms with van der Waals surface area (Å²) in [6, 6.07) is 0. The molecule has 0 atom stereocenters. The van der Waals surface area contributed by atoms with Crippen LogP contribution < -0.4 is 0 Å². The first kappa shape index (κ1) is 13.4. The zero-order valence-electron chi connectivity index (χ0n) is 7.67. The molecule has 0 amide bonds. The molecule has 0 bridgehead atoms. The molecule has 1 saturated heterocycles. The van der Waals surface area contributed by atoms with E-state index in [1.807, 2.05) is 3.33 Å². The van der Waals surface area contributed by atoms with Crippen LogP contribution in [0.25, 0.3) is 0 Å². The molecule has 1 heterocycles. The third kappa shape index (κ3) is 2.24. The van der Waals surface area contributed by atoms with Gasteiger partial charge in [-0.15, -0.1) is 24.8 Å². The quantitative estimate of drug-likeness (QED) is 0.580. The SMILES string of the molecule is Cl.Cl.[CH3][Hf]1([CH3])([C]2=CC=CC2)[SiH2][SiH2]1. The van der Waals surface area contributed by atoms with Gasteiger partial charge in [-0.25, -0.2) is 0 Å². The molecule has 0 spiro atoms. The van der Waals surface area contributed by atoms with E-state index < -0.39 is 16.8 Å². The van der Waals surface area contributed by atoms with E-state index in [2.05, 4.69) is 27.6 Å². The fourth-order valence-corrected chi connectivity index (χ4v) is 223. The summed E-state index contributed by atoms with van der Waals surface area (Å²) in [6.45, 7) is 0. The summed E-state index contributed by atoms with van der Waals surface area (Å²) in [5.74, 6) is 0. The second kappa shape index (κ2) is 3.85. The predicted molar refractivity (Wildman–Crippen MR) is 65.2 cm³/mol. The fraction of sp³-hybridized carbons (Fsp3) is 0.429. The topological polar surface area (TPSA) is 0 Å². The van der Waals surface area contributed by atoms with Crippen LogP contribution in [0.1, 0.15) is 6.42 Å². The van der Waals surface area contributed by atoms with E-state index in [0.29, 0.717) is 12.4 Å². The third-order valence-electron chi connectivity index (χ3n) is 3.37. The minimum atomic E-state index is -1.78. The van der Waals surface area contributed by atoms with Crippen LogP contribution in [0.4, 0.5) is 0 Å². The summed E-state index contributed by atoms with van der Waals surface area (Å²) < 4.78 is 7.44. The van der Waals surface area contributed by atoms with Crippen LogP contribution in [-0.2, 0) is 16.8 Å². The summed E-state index contributed by atoms with van der Waals surface area (Å²) in [4.78, 5) is 0. The summed E-state index contributed by atoms with van der Waals surface area (Å²) in [6.07, 6.45) is 9.68. The van der Waals surface area contributed by atoms with E-state index in [1.165, 1.54) is 6.42 Å². The van der Waals surface area contributed by atoms with Crippen LogP contribution >= 0.6 is 24.8 Å². The Labute approximate surface area is 90.6 Å². The molecule has 0 radical (unpaired) electrons. The van der Waals surface area contributed by atoms with Crippen LogP contribution in [0.2, 0.25) is 9.36 Å². The van der Waals surface area contributed by atoms with Crippen molar-refractivity contribution < 1.29 is 16.8 Å². The van der Waals surface area contributed by atoms with Crippen LogP contribution in [0, 0.1) is 0 Å². The molecule has 1 aliphatic heterocycles. The van der Waals surface area contributed by atoms with Crippen LogP contribution in [0.3, 0.4) is 0 Å². The van der Waals surface area contributed by atoms with E-state index in [1.54, 1.807) is 0 Å². The molecule has 0 nitrogen and oxygen atoms in total. The van der Waals surface area contributed by atoms with E-state index in [9.17, 15) is 0 Å². The Morgan fingerprint density at radius 2 is 1.83 bits per heavy atom. The molecule has 1 fully saturated rings. The van der Waals surface area contributed by atoms with Gasteiger partial charge in [0, 0.05) is 0 Å². The number of halogens is 2. The Hall–Kier alpha value is 1.36. The van der Waals surface area contributed by atoms with Gasteiger partial charge in [-0.1, -0.05) is 0 Å². The Balaban J connectivity index is 0.000000605. The Morgan fingerprint density at radius 3 is 2.17 bits per heavy atom. The van der Waals surface area contributed by atoms with Crippen molar-refractivity contribution in [3.8, 4) is 0 Å². The molecule has 5 heteroatoms. The molecular weight excluding hydrogens is 390 g/mol. The molecule has 0 aromatic heterocycles. The predicted octanol–water partition coefficient (Wildman–Crippen LogP) is 1.56. The summed E-state index contributed by atoms with van der Waals surface area (Å²) in [7, 11) is 0. The summed E-state index contributed by atoms with van der Waals surface area (Å²) in [5.41, 5.74) is 0. The molecule has 0 aromatic rings. The van der Waals surface area contributed by atoms with Gasteiger partial charge in [0.25, 0.3) is 0 Å². The van der Waals surface area contributed by atoms with Crippen molar-refractivity contribution in [2.45, 2.75) is 15.8 Å². The van der Waals surface area contributed by atoms with Crippen molar-refractivity contribution in [3.05, 3.63) is 21.6 Å². The van der Waals surface area contributed by atoms with E-state index in [4.69, 9.17) is 0 Å². The zero-order chi connectivity index (χ0) is 7.27. The standard InChI is InChI=1S/C5H5.2CH3.2ClH.Hf.H4Si2/c1-2-4-5-3-1;;;;;;1-2/h1-3H,4H2;2*1H3;2*1H;;1-2H2. The Morgan fingerprint density at radius 1 is 1.25 bits per heavy atom. The monoisotopic (exact) mass is 407 g/mol. The maximum absolute atomic E-state index is 2.73. The fourth-order valence-electron chi connectivity index (χ4n) is 1.71. The normalized spacial score (nSPS) is 34.2. The second-order valence-electron chi connectivity index (χ2n) is 4.84. The molecule has 0 unspecified atom stereocenters. The molecule has 0 saturated carbocycles. The van der Waals surface area contributed by atoms with Crippen molar-refractivity contribution in [2.24, 2.45) is 0 Å².